The van der Waals surface area contributed by atoms with E-state index in [-0.39, 0.29) is 18.4 Å². The van der Waals surface area contributed by atoms with Crippen molar-refractivity contribution in [3.05, 3.63) is 82.9 Å². The first-order valence-corrected chi connectivity index (χ1v) is 11.6. The monoisotopic (exact) mass is 490 g/mol. The average Bonchev–Trinajstić information content (AvgIpc) is 3.19. The summed E-state index contributed by atoms with van der Waals surface area (Å²) >= 11 is 0. The van der Waals surface area contributed by atoms with Crippen molar-refractivity contribution in [3.63, 3.8) is 0 Å². The van der Waals surface area contributed by atoms with E-state index >= 15 is 0 Å². The molecule has 1 aliphatic rings. The fourth-order valence-electron chi connectivity index (χ4n) is 4.44. The zero-order valence-electron chi connectivity index (χ0n) is 20.9. The molecular weight excluding hydrogens is 460 g/mol. The minimum atomic E-state index is -0.745. The first-order chi connectivity index (χ1) is 17.5. The van der Waals surface area contributed by atoms with Crippen LogP contribution in [0, 0.1) is 0 Å². The number of amides is 2. The van der Waals surface area contributed by atoms with Crippen LogP contribution in [0.25, 0.3) is 0 Å². The highest BCUT2D eigenvalue weighted by molar-refractivity contribution is 6.04. The quantitative estimate of drug-likeness (QED) is 0.466. The Morgan fingerprint density at radius 1 is 0.861 bits per heavy atom. The summed E-state index contributed by atoms with van der Waals surface area (Å²) in [5, 5.41) is 3.01. The Hall–Kier alpha value is -4.20. The van der Waals surface area contributed by atoms with Crippen LogP contribution >= 0.6 is 0 Å². The van der Waals surface area contributed by atoms with Gasteiger partial charge in [0.25, 0.3) is 5.91 Å². The van der Waals surface area contributed by atoms with E-state index in [1.807, 2.05) is 42.5 Å². The predicted octanol–water partition coefficient (Wildman–Crippen LogP) is 3.78. The molecule has 0 saturated heterocycles. The normalized spacial score (nSPS) is 14.3. The van der Waals surface area contributed by atoms with E-state index in [1.165, 1.54) is 0 Å². The molecule has 0 aromatic heterocycles. The minimum Gasteiger partial charge on any atom is -0.497 e. The molecule has 3 aromatic rings. The summed E-state index contributed by atoms with van der Waals surface area (Å²) in [4.78, 5) is 28.3. The lowest BCUT2D eigenvalue weighted by molar-refractivity contribution is -0.125. The fraction of sp³-hybridized carbons (Fsp3) is 0.286. The predicted molar refractivity (Wildman–Crippen MR) is 135 cm³/mol. The van der Waals surface area contributed by atoms with Gasteiger partial charge in [0.15, 0.2) is 11.5 Å². The summed E-state index contributed by atoms with van der Waals surface area (Å²) in [7, 11) is 6.32. The van der Waals surface area contributed by atoms with Crippen molar-refractivity contribution in [2.24, 2.45) is 0 Å². The summed E-state index contributed by atoms with van der Waals surface area (Å²) in [5.41, 5.74) is 3.00. The fourth-order valence-corrected chi connectivity index (χ4v) is 4.44. The first-order valence-electron chi connectivity index (χ1n) is 11.6. The molecule has 8 heteroatoms. The lowest BCUT2D eigenvalue weighted by Crippen LogP contribution is -2.39. The number of methoxy groups -OCH3 is 4. The largest absolute Gasteiger partial charge is 0.497 e. The van der Waals surface area contributed by atoms with Crippen LogP contribution in [0.4, 0.5) is 0 Å². The summed E-state index contributed by atoms with van der Waals surface area (Å²) in [5.74, 6) is 2.10. The molecule has 1 atom stereocenters. The van der Waals surface area contributed by atoms with Crippen molar-refractivity contribution in [1.29, 1.82) is 0 Å². The third kappa shape index (κ3) is 4.93. The Morgan fingerprint density at radius 3 is 2.33 bits per heavy atom. The van der Waals surface area contributed by atoms with Crippen molar-refractivity contribution < 1.29 is 28.5 Å². The number of nitrogens with one attached hydrogen (secondary N) is 1. The lowest BCUT2D eigenvalue weighted by atomic mass is 10.0. The van der Waals surface area contributed by atoms with E-state index in [0.29, 0.717) is 47.1 Å². The molecule has 4 rings (SSSR count). The van der Waals surface area contributed by atoms with Crippen LogP contribution in [0.5, 0.6) is 23.0 Å². The van der Waals surface area contributed by atoms with Crippen LogP contribution in [0.2, 0.25) is 0 Å². The number of rotatable bonds is 10. The van der Waals surface area contributed by atoms with Crippen LogP contribution < -0.4 is 24.3 Å². The van der Waals surface area contributed by atoms with Gasteiger partial charge in [-0.15, -0.1) is 0 Å². The number of hydrogen-bond acceptors (Lipinski definition) is 6. The zero-order valence-corrected chi connectivity index (χ0v) is 20.9. The molecule has 0 aliphatic carbocycles. The van der Waals surface area contributed by atoms with Gasteiger partial charge < -0.3 is 29.2 Å². The topological polar surface area (TPSA) is 86.3 Å². The number of carbonyl (C=O) groups excluding carboxylic acids is 2. The van der Waals surface area contributed by atoms with Gasteiger partial charge in [-0.25, -0.2) is 0 Å². The van der Waals surface area contributed by atoms with Crippen LogP contribution in [-0.2, 0) is 17.8 Å². The molecule has 0 radical (unpaired) electrons. The summed E-state index contributed by atoms with van der Waals surface area (Å²) in [6, 6.07) is 17.6. The number of carbonyl (C=O) groups is 2. The summed E-state index contributed by atoms with van der Waals surface area (Å²) in [6.45, 7) is 0.620. The molecule has 1 heterocycles. The van der Waals surface area contributed by atoms with Crippen LogP contribution in [0.1, 0.15) is 33.1 Å². The smallest absolute Gasteiger partial charge is 0.255 e. The van der Waals surface area contributed by atoms with E-state index in [2.05, 4.69) is 5.32 Å². The van der Waals surface area contributed by atoms with Crippen LogP contribution in [-0.4, -0.2) is 51.7 Å². The van der Waals surface area contributed by atoms with Gasteiger partial charge in [0, 0.05) is 23.7 Å². The summed E-state index contributed by atoms with van der Waals surface area (Å²) < 4.78 is 21.5. The van der Waals surface area contributed by atoms with E-state index in [1.54, 1.807) is 51.5 Å². The van der Waals surface area contributed by atoms with Gasteiger partial charge in [-0.1, -0.05) is 24.3 Å². The highest BCUT2D eigenvalue weighted by Crippen LogP contribution is 2.37. The van der Waals surface area contributed by atoms with Crippen molar-refractivity contribution in [2.45, 2.75) is 19.0 Å². The lowest BCUT2D eigenvalue weighted by Gasteiger charge is -2.25. The standard InChI is InChI=1S/C28H30N2O6/c1-33-20-11-10-19(24(16-20)35-3)17-30-26(21-7-5-6-8-22(21)28(30)32)27(31)29-14-13-18-9-12-23(34-2)25(15-18)36-4/h5-12,15-16,26H,13-14,17H2,1-4H3,(H,29,31). The molecule has 0 bridgehead atoms. The molecule has 0 fully saturated rings. The van der Waals surface area contributed by atoms with Crippen molar-refractivity contribution in [2.75, 3.05) is 35.0 Å². The van der Waals surface area contributed by atoms with Crippen molar-refractivity contribution in [3.8, 4) is 23.0 Å². The molecule has 8 nitrogen and oxygen atoms in total. The Labute approximate surface area is 210 Å². The molecule has 188 valence electrons. The van der Waals surface area contributed by atoms with E-state index in [9.17, 15) is 9.59 Å². The van der Waals surface area contributed by atoms with Gasteiger partial charge in [0.05, 0.1) is 35.0 Å². The maximum absolute atomic E-state index is 13.4. The Morgan fingerprint density at radius 2 is 1.61 bits per heavy atom. The van der Waals surface area contributed by atoms with E-state index in [4.69, 9.17) is 18.9 Å². The maximum atomic E-state index is 13.4. The van der Waals surface area contributed by atoms with Crippen LogP contribution in [0.3, 0.4) is 0 Å². The second-order valence-corrected chi connectivity index (χ2v) is 8.33. The number of nitrogens with zero attached hydrogens (tertiary/aromatic N) is 1. The van der Waals surface area contributed by atoms with Gasteiger partial charge in [0.1, 0.15) is 17.5 Å². The van der Waals surface area contributed by atoms with Gasteiger partial charge in [-0.2, -0.15) is 0 Å². The maximum Gasteiger partial charge on any atom is 0.255 e. The third-order valence-electron chi connectivity index (χ3n) is 6.30. The Bertz CT molecular complexity index is 1260. The third-order valence-corrected chi connectivity index (χ3v) is 6.30. The molecule has 0 spiro atoms. The minimum absolute atomic E-state index is 0.191. The average molecular weight is 491 g/mol. The highest BCUT2D eigenvalue weighted by atomic mass is 16.5. The second-order valence-electron chi connectivity index (χ2n) is 8.33. The zero-order chi connectivity index (χ0) is 25.7. The van der Waals surface area contributed by atoms with Gasteiger partial charge in [-0.3, -0.25) is 9.59 Å². The molecule has 2 amide bonds. The van der Waals surface area contributed by atoms with Crippen molar-refractivity contribution >= 4 is 11.8 Å². The molecular formula is C28H30N2O6. The second kappa shape index (κ2) is 11.0. The van der Waals surface area contributed by atoms with Gasteiger partial charge in [-0.05, 0) is 47.9 Å². The molecule has 3 aromatic carbocycles. The molecule has 0 saturated carbocycles. The molecule has 1 N–H and O–H groups in total. The Balaban J connectivity index is 1.53. The molecule has 36 heavy (non-hydrogen) atoms. The highest BCUT2D eigenvalue weighted by Gasteiger charge is 2.41. The van der Waals surface area contributed by atoms with Crippen molar-refractivity contribution in [1.82, 2.24) is 10.2 Å². The number of benzene rings is 3. The van der Waals surface area contributed by atoms with E-state index < -0.39 is 6.04 Å². The number of fused-ring (bicyclic) bond motifs is 1. The summed E-state index contributed by atoms with van der Waals surface area (Å²) in [6.07, 6.45) is 0.598. The Kier molecular flexibility index (Phi) is 7.63. The molecule has 1 aliphatic heterocycles. The number of ether oxygens (including phenoxy) is 4. The van der Waals surface area contributed by atoms with Gasteiger partial charge in [0.2, 0.25) is 5.91 Å². The number of hydrogen-bond donors (Lipinski definition) is 1. The SMILES string of the molecule is COc1ccc(CN2C(=O)c3ccccc3C2C(=O)NCCc2ccc(OC)c(OC)c2)c(OC)c1. The van der Waals surface area contributed by atoms with Crippen LogP contribution in [0.15, 0.2) is 60.7 Å². The molecule has 1 unspecified atom stereocenters. The van der Waals surface area contributed by atoms with E-state index in [0.717, 1.165) is 11.1 Å². The van der Waals surface area contributed by atoms with Gasteiger partial charge >= 0.3 is 0 Å². The first kappa shape index (κ1) is 24.9.